The molecular weight excluding hydrogens is 496 g/mol. The fourth-order valence-electron chi connectivity index (χ4n) is 3.94. The number of fused-ring (bicyclic) bond motifs is 2. The largest absolute Gasteiger partial charge is 0.543 e. The number of aromatic nitrogens is 4. The molecule has 180 valence electrons. The van der Waals surface area contributed by atoms with Crippen LogP contribution in [0.3, 0.4) is 0 Å². The Morgan fingerprint density at radius 3 is 2.97 bits per heavy atom. The maximum Gasteiger partial charge on any atom is 0.276 e. The Hall–Kier alpha value is -3.98. The molecule has 15 heteroatoms. The summed E-state index contributed by atoms with van der Waals surface area (Å²) >= 11 is 2.46. The second kappa shape index (κ2) is 8.99. The highest BCUT2D eigenvalue weighted by molar-refractivity contribution is 8.00. The van der Waals surface area contributed by atoms with Crippen molar-refractivity contribution in [3.8, 4) is 0 Å². The van der Waals surface area contributed by atoms with Crippen molar-refractivity contribution < 1.29 is 28.7 Å². The minimum absolute atomic E-state index is 0.146. The molecule has 2 aliphatic rings. The third-order valence-corrected chi connectivity index (χ3v) is 7.49. The van der Waals surface area contributed by atoms with Crippen molar-refractivity contribution in [2.45, 2.75) is 18.0 Å². The maximum atomic E-state index is 13.0. The van der Waals surface area contributed by atoms with Gasteiger partial charge in [0, 0.05) is 27.9 Å². The molecule has 3 aromatic rings. The number of carboxylic acids is 1. The lowest BCUT2D eigenvalue weighted by molar-refractivity contribution is -0.512. The number of hydrogen-bond donors (Lipinski definition) is 2. The van der Waals surface area contributed by atoms with Crippen molar-refractivity contribution in [2.75, 3.05) is 18.6 Å². The number of thioether (sulfide) groups is 1. The van der Waals surface area contributed by atoms with Crippen LogP contribution in [-0.2, 0) is 25.8 Å². The molecule has 1 fully saturated rings. The standard InChI is InChI=1S/C20H18N8O5S2/c1-33-25-13(11-8-35-20(21)23-11)16(29)24-14-17(30)28-15(19(31)32)10(7-34-18(14)28)6-27-12-4-2-3-5-26(12)9-22-27/h2-5,8-9,14,18H,6-7H2,1H3,(H3-,21,23,24,29,31,32)/b25-13+. The van der Waals surface area contributed by atoms with Gasteiger partial charge < -0.3 is 25.8 Å². The van der Waals surface area contributed by atoms with Crippen LogP contribution in [0.4, 0.5) is 5.13 Å². The predicted octanol–water partition coefficient (Wildman–Crippen LogP) is -1.88. The molecule has 0 aliphatic carbocycles. The third-order valence-electron chi connectivity index (χ3n) is 5.48. The third kappa shape index (κ3) is 3.97. The second-order valence-corrected chi connectivity index (χ2v) is 9.54. The normalized spacial score (nSPS) is 20.0. The number of nitrogen functional groups attached to an aromatic ring is 1. The predicted molar refractivity (Wildman–Crippen MR) is 123 cm³/mol. The van der Waals surface area contributed by atoms with E-state index in [1.165, 1.54) is 24.3 Å². The van der Waals surface area contributed by atoms with Gasteiger partial charge in [-0.3, -0.25) is 14.5 Å². The van der Waals surface area contributed by atoms with Crippen molar-refractivity contribution in [2.24, 2.45) is 5.16 Å². The summed E-state index contributed by atoms with van der Waals surface area (Å²) < 4.78 is 3.45. The molecule has 2 atom stereocenters. The van der Waals surface area contributed by atoms with Gasteiger partial charge in [-0.2, -0.15) is 0 Å². The summed E-state index contributed by atoms with van der Waals surface area (Å²) in [4.78, 5) is 47.8. The lowest BCUT2D eigenvalue weighted by Crippen LogP contribution is -2.71. The van der Waals surface area contributed by atoms with Crippen LogP contribution in [0.2, 0.25) is 0 Å². The van der Waals surface area contributed by atoms with Crippen LogP contribution in [0.1, 0.15) is 5.69 Å². The van der Waals surface area contributed by atoms with Gasteiger partial charge in [-0.05, 0) is 6.07 Å². The SMILES string of the molecule is CO/N=C(/C(=O)NC1C(=O)N2C(C(=O)[O-])=C(Cn3nc[n+]4ccccc34)CSC12)c1csc(N)n1. The number of nitrogens with zero attached hydrogens (tertiary/aromatic N) is 6. The molecule has 0 bridgehead atoms. The Bertz CT molecular complexity index is 1410. The Kier molecular flexibility index (Phi) is 5.86. The number of aliphatic carboxylic acids is 1. The smallest absolute Gasteiger partial charge is 0.276 e. The monoisotopic (exact) mass is 514 g/mol. The molecule has 35 heavy (non-hydrogen) atoms. The minimum atomic E-state index is -1.47. The number of nitrogens with two attached hydrogens (primary N) is 1. The fourth-order valence-corrected chi connectivity index (χ4v) is 5.82. The number of rotatable bonds is 7. The van der Waals surface area contributed by atoms with Crippen LogP contribution in [0, 0.1) is 0 Å². The first-order valence-corrected chi connectivity index (χ1v) is 12.1. The van der Waals surface area contributed by atoms with E-state index in [2.05, 4.69) is 20.6 Å². The number of carboxylic acid groups (broad SMARTS) is 1. The lowest BCUT2D eigenvalue weighted by atomic mass is 10.0. The highest BCUT2D eigenvalue weighted by Crippen LogP contribution is 2.40. The van der Waals surface area contributed by atoms with Gasteiger partial charge >= 0.3 is 0 Å². The van der Waals surface area contributed by atoms with E-state index in [1.54, 1.807) is 15.4 Å². The molecule has 0 spiro atoms. The first-order chi connectivity index (χ1) is 16.9. The molecule has 2 unspecified atom stereocenters. The molecule has 0 radical (unpaired) electrons. The maximum absolute atomic E-state index is 13.0. The zero-order chi connectivity index (χ0) is 24.7. The molecule has 5 rings (SSSR count). The van der Waals surface area contributed by atoms with E-state index >= 15 is 0 Å². The molecular formula is C20H18N8O5S2. The molecule has 0 saturated carbocycles. The van der Waals surface area contributed by atoms with Crippen LogP contribution in [0.15, 0.2) is 52.5 Å². The summed E-state index contributed by atoms with van der Waals surface area (Å²) in [6.45, 7) is 0.167. The molecule has 3 N–H and O–H groups in total. The molecule has 2 amide bonds. The van der Waals surface area contributed by atoms with E-state index in [0.717, 1.165) is 21.9 Å². The van der Waals surface area contributed by atoms with Gasteiger partial charge in [-0.1, -0.05) is 11.2 Å². The molecule has 3 aromatic heterocycles. The van der Waals surface area contributed by atoms with Gasteiger partial charge in [0.15, 0.2) is 10.8 Å². The molecule has 1 saturated heterocycles. The van der Waals surface area contributed by atoms with Gasteiger partial charge in [0.05, 0.1) is 17.9 Å². The van der Waals surface area contributed by atoms with Gasteiger partial charge in [-0.25, -0.2) is 9.38 Å². The Balaban J connectivity index is 1.37. The summed E-state index contributed by atoms with van der Waals surface area (Å²) in [5.41, 5.74) is 6.74. The Labute approximate surface area is 205 Å². The second-order valence-electron chi connectivity index (χ2n) is 7.55. The summed E-state index contributed by atoms with van der Waals surface area (Å²) in [6.07, 6.45) is 3.44. The highest BCUT2D eigenvalue weighted by atomic mass is 32.2. The minimum Gasteiger partial charge on any atom is -0.543 e. The number of anilines is 1. The zero-order valence-corrected chi connectivity index (χ0v) is 19.8. The number of hydrogen-bond acceptors (Lipinski definition) is 11. The number of amides is 2. The van der Waals surface area contributed by atoms with E-state index in [-0.39, 0.29) is 28.8 Å². The highest BCUT2D eigenvalue weighted by Gasteiger charge is 2.53. The first kappa shape index (κ1) is 22.8. The summed E-state index contributed by atoms with van der Waals surface area (Å²) in [5.74, 6) is -2.42. The van der Waals surface area contributed by atoms with Crippen molar-refractivity contribution in [1.29, 1.82) is 0 Å². The zero-order valence-electron chi connectivity index (χ0n) is 18.2. The van der Waals surface area contributed by atoms with Gasteiger partial charge in [0.2, 0.25) is 0 Å². The van der Waals surface area contributed by atoms with E-state index in [4.69, 9.17) is 10.6 Å². The van der Waals surface area contributed by atoms with Gasteiger partial charge in [-0.15, -0.1) is 27.8 Å². The quantitative estimate of drug-likeness (QED) is 0.158. The number of pyridine rings is 1. The summed E-state index contributed by atoms with van der Waals surface area (Å²) in [6, 6.07) is 4.59. The van der Waals surface area contributed by atoms with Crippen LogP contribution >= 0.6 is 23.1 Å². The molecule has 5 heterocycles. The van der Waals surface area contributed by atoms with Gasteiger partial charge in [0.1, 0.15) is 30.8 Å². The van der Waals surface area contributed by atoms with E-state index in [1.807, 2.05) is 24.4 Å². The first-order valence-electron chi connectivity index (χ1n) is 10.2. The van der Waals surface area contributed by atoms with E-state index < -0.39 is 29.2 Å². The fraction of sp³-hybridized carbons (Fsp3) is 0.250. The number of carbonyl (C=O) groups excluding carboxylic acids is 3. The Morgan fingerprint density at radius 2 is 2.26 bits per heavy atom. The van der Waals surface area contributed by atoms with Crippen LogP contribution in [0.5, 0.6) is 0 Å². The number of carbonyl (C=O) groups is 3. The number of thiazole rings is 1. The average Bonchev–Trinajstić information content (AvgIpc) is 3.46. The Morgan fingerprint density at radius 1 is 1.43 bits per heavy atom. The average molecular weight is 515 g/mol. The van der Waals surface area contributed by atoms with E-state index in [9.17, 15) is 19.5 Å². The van der Waals surface area contributed by atoms with E-state index in [0.29, 0.717) is 11.3 Å². The number of β-lactam (4-membered cyclic amide) rings is 1. The molecule has 2 aliphatic heterocycles. The summed E-state index contributed by atoms with van der Waals surface area (Å²) in [5, 5.41) is 23.8. The van der Waals surface area contributed by atoms with Crippen LogP contribution in [-0.4, -0.2) is 67.4 Å². The summed E-state index contributed by atoms with van der Waals surface area (Å²) in [7, 11) is 1.27. The van der Waals surface area contributed by atoms with Crippen molar-refractivity contribution >= 4 is 57.4 Å². The molecule has 0 aromatic carbocycles. The van der Waals surface area contributed by atoms with Crippen LogP contribution < -0.4 is 20.6 Å². The number of oxime groups is 1. The molecule has 13 nitrogen and oxygen atoms in total. The van der Waals surface area contributed by atoms with Crippen molar-refractivity contribution in [3.63, 3.8) is 0 Å². The number of nitrogens with one attached hydrogen (secondary N) is 1. The van der Waals surface area contributed by atoms with Crippen molar-refractivity contribution in [1.82, 2.24) is 25.0 Å². The topological polar surface area (TPSA) is 172 Å². The van der Waals surface area contributed by atoms with Gasteiger partial charge in [0.25, 0.3) is 23.8 Å². The lowest BCUT2D eigenvalue weighted by Gasteiger charge is -2.50. The van der Waals surface area contributed by atoms with Crippen LogP contribution in [0.25, 0.3) is 5.65 Å². The van der Waals surface area contributed by atoms with Crippen molar-refractivity contribution in [3.05, 3.63) is 53.1 Å².